The molecule has 1 unspecified atom stereocenters. The third kappa shape index (κ3) is 7.20. The number of carbonyl (C=O) groups excluding carboxylic acids is 2. The average molecular weight is 411 g/mol. The maximum absolute atomic E-state index is 12.7. The number of amides is 2. The third-order valence-corrected chi connectivity index (χ3v) is 6.53. The van der Waals surface area contributed by atoms with Crippen LogP contribution in [0.15, 0.2) is 0 Å². The molecule has 0 aromatic heterocycles. The van der Waals surface area contributed by atoms with E-state index in [1.165, 1.54) is 0 Å². The largest absolute Gasteiger partial charge is 0.388 e. The average Bonchev–Trinajstić information content (AvgIpc) is 2.90. The second-order valence-corrected chi connectivity index (χ2v) is 8.91. The normalized spacial score (nSPS) is 28.1. The Labute approximate surface area is 174 Å². The molecule has 0 aromatic carbocycles. The SMILES string of the molecule is CC(=O)NC1CCN(CC2(O)CCCN(C(=O)CCN3CCOCC3)CC2)CC1. The molecule has 0 bridgehead atoms. The molecule has 3 saturated heterocycles. The summed E-state index contributed by atoms with van der Waals surface area (Å²) in [7, 11) is 0. The van der Waals surface area contributed by atoms with Gasteiger partial charge in [-0.2, -0.15) is 0 Å². The van der Waals surface area contributed by atoms with Crippen LogP contribution in [0.2, 0.25) is 0 Å². The zero-order chi connectivity index (χ0) is 20.7. The Kier molecular flexibility index (Phi) is 8.29. The second kappa shape index (κ2) is 10.7. The van der Waals surface area contributed by atoms with Gasteiger partial charge in [0, 0.05) is 71.7 Å². The number of hydrogen-bond donors (Lipinski definition) is 2. The summed E-state index contributed by atoms with van der Waals surface area (Å²) in [5.74, 6) is 0.237. The smallest absolute Gasteiger partial charge is 0.223 e. The zero-order valence-corrected chi connectivity index (χ0v) is 17.9. The molecule has 166 valence electrons. The Balaban J connectivity index is 1.40. The molecular weight excluding hydrogens is 372 g/mol. The van der Waals surface area contributed by atoms with E-state index in [1.807, 2.05) is 4.90 Å². The van der Waals surface area contributed by atoms with Gasteiger partial charge in [0.15, 0.2) is 0 Å². The highest BCUT2D eigenvalue weighted by Crippen LogP contribution is 2.25. The van der Waals surface area contributed by atoms with Gasteiger partial charge in [0.25, 0.3) is 0 Å². The van der Waals surface area contributed by atoms with Crippen molar-refractivity contribution in [2.75, 3.05) is 65.6 Å². The topological polar surface area (TPSA) is 85.4 Å². The predicted octanol–water partition coefficient (Wildman–Crippen LogP) is 0.0528. The number of rotatable bonds is 6. The summed E-state index contributed by atoms with van der Waals surface area (Å²) in [6.07, 6.45) is 4.65. The highest BCUT2D eigenvalue weighted by Gasteiger charge is 2.34. The first-order valence-corrected chi connectivity index (χ1v) is 11.2. The monoisotopic (exact) mass is 410 g/mol. The molecule has 3 heterocycles. The number of piperidine rings is 1. The Morgan fingerprint density at radius 3 is 2.45 bits per heavy atom. The molecule has 0 saturated carbocycles. The highest BCUT2D eigenvalue weighted by molar-refractivity contribution is 5.76. The fourth-order valence-electron chi connectivity index (χ4n) is 4.76. The molecule has 29 heavy (non-hydrogen) atoms. The van der Waals surface area contributed by atoms with Crippen LogP contribution in [0.4, 0.5) is 0 Å². The van der Waals surface area contributed by atoms with E-state index in [-0.39, 0.29) is 17.9 Å². The molecule has 0 radical (unpaired) electrons. The minimum atomic E-state index is -0.722. The van der Waals surface area contributed by atoms with Gasteiger partial charge in [0.2, 0.25) is 11.8 Å². The molecule has 8 heteroatoms. The van der Waals surface area contributed by atoms with Gasteiger partial charge < -0.3 is 25.0 Å². The van der Waals surface area contributed by atoms with E-state index in [1.54, 1.807) is 6.92 Å². The van der Waals surface area contributed by atoms with E-state index in [0.29, 0.717) is 25.9 Å². The van der Waals surface area contributed by atoms with Crippen molar-refractivity contribution in [1.29, 1.82) is 0 Å². The number of morpholine rings is 1. The van der Waals surface area contributed by atoms with Crippen molar-refractivity contribution >= 4 is 11.8 Å². The maximum Gasteiger partial charge on any atom is 0.223 e. The lowest BCUT2D eigenvalue weighted by atomic mass is 9.93. The van der Waals surface area contributed by atoms with Gasteiger partial charge in [-0.15, -0.1) is 0 Å². The molecule has 3 rings (SSSR count). The van der Waals surface area contributed by atoms with Crippen LogP contribution in [0.1, 0.15) is 45.4 Å². The van der Waals surface area contributed by atoms with E-state index >= 15 is 0 Å². The molecule has 2 amide bonds. The molecule has 1 atom stereocenters. The standard InChI is InChI=1S/C21H38N4O4/c1-18(26)22-19-3-9-24(10-4-19)17-21(28)6-2-8-25(12-7-21)20(27)5-11-23-13-15-29-16-14-23/h19,28H,2-17H2,1H3,(H,22,26). The Morgan fingerprint density at radius 1 is 1.03 bits per heavy atom. The molecular formula is C21H38N4O4. The summed E-state index contributed by atoms with van der Waals surface area (Å²) < 4.78 is 5.36. The van der Waals surface area contributed by atoms with Crippen molar-refractivity contribution in [3.63, 3.8) is 0 Å². The van der Waals surface area contributed by atoms with Crippen LogP contribution in [0.3, 0.4) is 0 Å². The van der Waals surface area contributed by atoms with Crippen LogP contribution in [-0.4, -0.2) is 109 Å². The number of β-amino-alcohol motifs (C(OH)–C–C–N with tert-alkyl or cyclic N) is 1. The van der Waals surface area contributed by atoms with Gasteiger partial charge in [0.1, 0.15) is 0 Å². The lowest BCUT2D eigenvalue weighted by Crippen LogP contribution is -2.50. The predicted molar refractivity (Wildman–Crippen MR) is 111 cm³/mol. The van der Waals surface area contributed by atoms with Crippen molar-refractivity contribution in [3.05, 3.63) is 0 Å². The Bertz CT molecular complexity index is 547. The van der Waals surface area contributed by atoms with E-state index < -0.39 is 5.60 Å². The fourth-order valence-corrected chi connectivity index (χ4v) is 4.76. The molecule has 0 spiro atoms. The first-order valence-electron chi connectivity index (χ1n) is 11.2. The molecule has 3 aliphatic rings. The highest BCUT2D eigenvalue weighted by atomic mass is 16.5. The van der Waals surface area contributed by atoms with E-state index in [9.17, 15) is 14.7 Å². The molecule has 3 fully saturated rings. The van der Waals surface area contributed by atoms with Gasteiger partial charge >= 0.3 is 0 Å². The lowest BCUT2D eigenvalue weighted by molar-refractivity contribution is -0.132. The number of likely N-dealkylation sites (tertiary alicyclic amines) is 2. The van der Waals surface area contributed by atoms with Crippen LogP contribution in [0.5, 0.6) is 0 Å². The molecule has 2 N–H and O–H groups in total. The molecule has 3 aliphatic heterocycles. The van der Waals surface area contributed by atoms with Crippen LogP contribution < -0.4 is 5.32 Å². The van der Waals surface area contributed by atoms with Crippen LogP contribution in [-0.2, 0) is 14.3 Å². The number of aliphatic hydroxyl groups is 1. The minimum absolute atomic E-state index is 0.0317. The summed E-state index contributed by atoms with van der Waals surface area (Å²) in [5, 5.41) is 14.2. The summed E-state index contributed by atoms with van der Waals surface area (Å²) in [6.45, 7) is 9.54. The molecule has 0 aliphatic carbocycles. The lowest BCUT2D eigenvalue weighted by Gasteiger charge is -2.38. The van der Waals surface area contributed by atoms with Crippen molar-refractivity contribution in [2.45, 2.75) is 57.1 Å². The number of ether oxygens (including phenoxy) is 1. The number of carbonyl (C=O) groups is 2. The van der Waals surface area contributed by atoms with Gasteiger partial charge in [-0.1, -0.05) is 0 Å². The fraction of sp³-hybridized carbons (Fsp3) is 0.905. The summed E-state index contributed by atoms with van der Waals surface area (Å²) >= 11 is 0. The minimum Gasteiger partial charge on any atom is -0.388 e. The van der Waals surface area contributed by atoms with Gasteiger partial charge in [-0.3, -0.25) is 14.5 Å². The molecule has 8 nitrogen and oxygen atoms in total. The summed E-state index contributed by atoms with van der Waals surface area (Å²) in [5.41, 5.74) is -0.722. The van der Waals surface area contributed by atoms with Crippen LogP contribution in [0.25, 0.3) is 0 Å². The van der Waals surface area contributed by atoms with Crippen molar-refractivity contribution in [2.24, 2.45) is 0 Å². The third-order valence-electron chi connectivity index (χ3n) is 6.53. The summed E-state index contributed by atoms with van der Waals surface area (Å²) in [6, 6.07) is 0.257. The first kappa shape index (κ1) is 22.5. The first-order chi connectivity index (χ1) is 13.9. The molecule has 0 aromatic rings. The summed E-state index contributed by atoms with van der Waals surface area (Å²) in [4.78, 5) is 30.4. The van der Waals surface area contributed by atoms with Crippen LogP contribution in [0, 0.1) is 0 Å². The number of nitrogens with zero attached hydrogens (tertiary/aromatic N) is 3. The number of nitrogens with one attached hydrogen (secondary N) is 1. The van der Waals surface area contributed by atoms with Crippen molar-refractivity contribution in [1.82, 2.24) is 20.0 Å². The van der Waals surface area contributed by atoms with Crippen molar-refractivity contribution in [3.8, 4) is 0 Å². The Morgan fingerprint density at radius 2 is 1.76 bits per heavy atom. The van der Waals surface area contributed by atoms with Gasteiger partial charge in [0.05, 0.1) is 18.8 Å². The van der Waals surface area contributed by atoms with Crippen LogP contribution >= 0.6 is 0 Å². The van der Waals surface area contributed by atoms with Gasteiger partial charge in [-0.05, 0) is 32.1 Å². The van der Waals surface area contributed by atoms with E-state index in [2.05, 4.69) is 15.1 Å². The quantitative estimate of drug-likeness (QED) is 0.644. The van der Waals surface area contributed by atoms with E-state index in [0.717, 1.165) is 78.2 Å². The van der Waals surface area contributed by atoms with Crippen molar-refractivity contribution < 1.29 is 19.4 Å². The van der Waals surface area contributed by atoms with Gasteiger partial charge in [-0.25, -0.2) is 0 Å². The zero-order valence-electron chi connectivity index (χ0n) is 17.9. The Hall–Kier alpha value is -1.22. The maximum atomic E-state index is 12.7. The second-order valence-electron chi connectivity index (χ2n) is 8.91. The van der Waals surface area contributed by atoms with E-state index in [4.69, 9.17) is 4.74 Å². The number of hydrogen-bond acceptors (Lipinski definition) is 6.